The van der Waals surface area contributed by atoms with Gasteiger partial charge in [-0.2, -0.15) is 0 Å². The van der Waals surface area contributed by atoms with Crippen molar-refractivity contribution in [3.8, 4) is 78.3 Å². The Bertz CT molecular complexity index is 4160. The molecular weight excluding hydrogens is 901 g/mol. The van der Waals surface area contributed by atoms with E-state index in [-0.39, 0.29) is 0 Å². The predicted molar refractivity (Wildman–Crippen MR) is 304 cm³/mol. The van der Waals surface area contributed by atoms with Gasteiger partial charge in [0.05, 0.1) is 22.2 Å². The summed E-state index contributed by atoms with van der Waals surface area (Å²) in [6.07, 6.45) is 17.4. The number of para-hydroxylation sites is 1. The third-order valence-electron chi connectivity index (χ3n) is 14.7. The van der Waals surface area contributed by atoms with Crippen LogP contribution in [0.4, 0.5) is 0 Å². The van der Waals surface area contributed by atoms with Crippen molar-refractivity contribution in [2.75, 3.05) is 0 Å². The fraction of sp³-hybridized carbons (Fsp3) is 0.0294. The maximum absolute atomic E-state index is 4.66. The van der Waals surface area contributed by atoms with Crippen molar-refractivity contribution < 1.29 is 0 Å². The number of hydrogen-bond acceptors (Lipinski definition) is 4. The van der Waals surface area contributed by atoms with Crippen molar-refractivity contribution in [3.63, 3.8) is 0 Å². The van der Waals surface area contributed by atoms with E-state index >= 15 is 0 Å². The van der Waals surface area contributed by atoms with Gasteiger partial charge < -0.3 is 9.13 Å². The Kier molecular flexibility index (Phi) is 10.5. The molecule has 6 heterocycles. The van der Waals surface area contributed by atoms with Crippen molar-refractivity contribution in [3.05, 3.63) is 266 Å². The monoisotopic (exact) mass is 946 g/mol. The molecule has 0 fully saturated rings. The van der Waals surface area contributed by atoms with E-state index in [9.17, 15) is 0 Å². The quantitative estimate of drug-likeness (QED) is 0.145. The fourth-order valence-corrected chi connectivity index (χ4v) is 11.2. The Labute approximate surface area is 428 Å². The second-order valence-electron chi connectivity index (χ2n) is 19.1. The van der Waals surface area contributed by atoms with E-state index < -0.39 is 0 Å². The summed E-state index contributed by atoms with van der Waals surface area (Å²) in [6.45, 7) is 0. The Morgan fingerprint density at radius 3 is 1.42 bits per heavy atom. The van der Waals surface area contributed by atoms with Gasteiger partial charge in [-0.3, -0.25) is 19.9 Å². The number of rotatable bonds is 9. The molecule has 0 atom stereocenters. The first kappa shape index (κ1) is 43.0. The number of fused-ring (bicyclic) bond motifs is 6. The second kappa shape index (κ2) is 18.1. The smallest absolute Gasteiger partial charge is 0.0717 e. The molecule has 1 aliphatic carbocycles. The first-order chi connectivity index (χ1) is 36.7. The van der Waals surface area contributed by atoms with Crippen molar-refractivity contribution >= 4 is 44.4 Å². The lowest BCUT2D eigenvalue weighted by molar-refractivity contribution is 0.897. The summed E-state index contributed by atoms with van der Waals surface area (Å²) in [7, 11) is 0. The highest BCUT2D eigenvalue weighted by atomic mass is 15.0. The van der Waals surface area contributed by atoms with Crippen molar-refractivity contribution in [2.24, 2.45) is 0 Å². The van der Waals surface area contributed by atoms with Crippen LogP contribution in [0.25, 0.3) is 123 Å². The van der Waals surface area contributed by atoms with Crippen LogP contribution >= 0.6 is 0 Å². The molecule has 348 valence electrons. The van der Waals surface area contributed by atoms with Gasteiger partial charge >= 0.3 is 0 Å². The predicted octanol–water partition coefficient (Wildman–Crippen LogP) is 16.8. The first-order valence-corrected chi connectivity index (χ1v) is 25.2. The molecule has 0 radical (unpaired) electrons. The summed E-state index contributed by atoms with van der Waals surface area (Å²) in [5, 5.41) is 3.64. The minimum atomic E-state index is 0.909. The van der Waals surface area contributed by atoms with Crippen LogP contribution < -0.4 is 0 Å². The summed E-state index contributed by atoms with van der Waals surface area (Å²) in [4.78, 5) is 18.1. The van der Waals surface area contributed by atoms with Gasteiger partial charge in [-0.1, -0.05) is 109 Å². The molecule has 74 heavy (non-hydrogen) atoms. The van der Waals surface area contributed by atoms with Gasteiger partial charge in [-0.25, -0.2) is 0 Å². The maximum atomic E-state index is 4.66. The Hall–Kier alpha value is -9.78. The van der Waals surface area contributed by atoms with E-state index in [1.165, 1.54) is 38.5 Å². The molecule has 6 nitrogen and oxygen atoms in total. The number of hydrogen-bond donors (Lipinski definition) is 0. The van der Waals surface area contributed by atoms with Gasteiger partial charge in [-0.05, 0) is 172 Å². The Balaban J connectivity index is 0.868. The van der Waals surface area contributed by atoms with Gasteiger partial charge in [0.15, 0.2) is 0 Å². The average molecular weight is 947 g/mol. The third kappa shape index (κ3) is 7.68. The largest absolute Gasteiger partial charge is 0.313 e. The number of aromatic nitrogens is 6. The minimum Gasteiger partial charge on any atom is -0.313 e. The summed E-state index contributed by atoms with van der Waals surface area (Å²) in [6, 6.07) is 74.8. The zero-order chi connectivity index (χ0) is 49.0. The van der Waals surface area contributed by atoms with Gasteiger partial charge in [-0.15, -0.1) is 0 Å². The van der Waals surface area contributed by atoms with E-state index in [1.807, 2.05) is 73.7 Å². The van der Waals surface area contributed by atoms with Crippen LogP contribution in [0.15, 0.2) is 250 Å². The molecule has 0 aliphatic heterocycles. The zero-order valence-corrected chi connectivity index (χ0v) is 40.3. The van der Waals surface area contributed by atoms with Crippen LogP contribution in [0.2, 0.25) is 0 Å². The van der Waals surface area contributed by atoms with E-state index in [0.717, 1.165) is 108 Å². The minimum absolute atomic E-state index is 0.909. The number of nitrogens with zero attached hydrogens (tertiary/aromatic N) is 6. The SMILES string of the molecule is C1=C(c2cncc(-c3ccccn3)c2)CCc2c1c1ccccc1n2-c1cccc(-c2cccc(-n3c4ccc(-c5cccc(-c6cccnc6)c5)cc4c4cc(-c5cccc(-c6cccnc6)c5)ccc43)c2)c1. The summed E-state index contributed by atoms with van der Waals surface area (Å²) in [5.74, 6) is 0. The van der Waals surface area contributed by atoms with Gasteiger partial charge in [0.1, 0.15) is 0 Å². The lowest BCUT2D eigenvalue weighted by atomic mass is 9.91. The molecule has 0 saturated carbocycles. The molecule has 0 bridgehead atoms. The van der Waals surface area contributed by atoms with Crippen LogP contribution in [0.5, 0.6) is 0 Å². The molecule has 0 amide bonds. The van der Waals surface area contributed by atoms with E-state index in [2.05, 4.69) is 211 Å². The molecule has 0 spiro atoms. The molecule has 7 aromatic carbocycles. The molecule has 1 aliphatic rings. The third-order valence-corrected chi connectivity index (χ3v) is 14.7. The lowest BCUT2D eigenvalue weighted by Gasteiger charge is -2.18. The second-order valence-corrected chi connectivity index (χ2v) is 19.1. The molecule has 0 N–H and O–H groups in total. The number of allylic oxidation sites excluding steroid dienone is 1. The maximum Gasteiger partial charge on any atom is 0.0717 e. The number of benzene rings is 7. The van der Waals surface area contributed by atoms with Gasteiger partial charge in [0.25, 0.3) is 0 Å². The van der Waals surface area contributed by atoms with Gasteiger partial charge in [0.2, 0.25) is 0 Å². The summed E-state index contributed by atoms with van der Waals surface area (Å²) in [5.41, 5.74) is 24.2. The first-order valence-electron chi connectivity index (χ1n) is 25.2. The highest BCUT2D eigenvalue weighted by Crippen LogP contribution is 2.42. The molecule has 13 aromatic rings. The van der Waals surface area contributed by atoms with Crippen LogP contribution in [-0.2, 0) is 6.42 Å². The van der Waals surface area contributed by atoms with E-state index in [1.54, 1.807) is 0 Å². The normalized spacial score (nSPS) is 12.3. The van der Waals surface area contributed by atoms with Crippen molar-refractivity contribution in [2.45, 2.75) is 12.8 Å². The fourth-order valence-electron chi connectivity index (χ4n) is 11.2. The van der Waals surface area contributed by atoms with E-state index in [0.29, 0.717) is 0 Å². The van der Waals surface area contributed by atoms with E-state index in [4.69, 9.17) is 0 Å². The lowest BCUT2D eigenvalue weighted by Crippen LogP contribution is -2.05. The Morgan fingerprint density at radius 1 is 0.311 bits per heavy atom. The summed E-state index contributed by atoms with van der Waals surface area (Å²) < 4.78 is 4.92. The van der Waals surface area contributed by atoms with Gasteiger partial charge in [0, 0.05) is 98.9 Å². The average Bonchev–Trinajstić information content (AvgIpc) is 4.01. The van der Waals surface area contributed by atoms with Crippen LogP contribution in [0, 0.1) is 0 Å². The van der Waals surface area contributed by atoms with Crippen LogP contribution in [-0.4, -0.2) is 29.1 Å². The number of pyridine rings is 4. The molecule has 6 aromatic heterocycles. The van der Waals surface area contributed by atoms with Crippen LogP contribution in [0.1, 0.15) is 23.2 Å². The molecular formula is C68H46N6. The zero-order valence-electron chi connectivity index (χ0n) is 40.3. The Morgan fingerprint density at radius 2 is 0.811 bits per heavy atom. The van der Waals surface area contributed by atoms with Crippen molar-refractivity contribution in [1.82, 2.24) is 29.1 Å². The van der Waals surface area contributed by atoms with Crippen molar-refractivity contribution in [1.29, 1.82) is 0 Å². The highest BCUT2D eigenvalue weighted by Gasteiger charge is 2.23. The van der Waals surface area contributed by atoms with Crippen LogP contribution in [0.3, 0.4) is 0 Å². The standard InChI is InChI=1S/C68H46N6/c1-2-23-65-60(21-1)61-40-53(56-35-57(44-71-43-56)64-22-3-4-32-72-64)26-29-66(61)73(65)58-19-7-15-49(36-58)50-16-8-20-59(37-50)74-67-27-24-51(45-11-5-13-47(33-45)54-17-9-30-69-41-54)38-62(67)63-39-52(25-28-68(63)74)46-12-6-14-48(34-46)55-18-10-31-70-42-55/h1-25,27-28,30-44H,26,29H2. The summed E-state index contributed by atoms with van der Waals surface area (Å²) >= 11 is 0. The molecule has 6 heteroatoms. The molecule has 0 saturated heterocycles. The highest BCUT2D eigenvalue weighted by molar-refractivity contribution is 6.12. The molecule has 14 rings (SSSR count). The topological polar surface area (TPSA) is 61.4 Å². The molecule has 0 unspecified atom stereocenters.